The summed E-state index contributed by atoms with van der Waals surface area (Å²) in [7, 11) is 0. The van der Waals surface area contributed by atoms with Crippen molar-refractivity contribution in [2.24, 2.45) is 5.92 Å². The number of halogens is 1. The molecule has 4 rings (SSSR count). The molecule has 1 saturated carbocycles. The van der Waals surface area contributed by atoms with Crippen LogP contribution in [0.25, 0.3) is 10.9 Å². The van der Waals surface area contributed by atoms with Gasteiger partial charge >= 0.3 is 0 Å². The van der Waals surface area contributed by atoms with Crippen LogP contribution in [0, 0.1) is 5.92 Å². The molecule has 0 spiro atoms. The molecule has 2 aromatic rings. The van der Waals surface area contributed by atoms with Crippen LogP contribution in [0.4, 0.5) is 5.69 Å². The third kappa shape index (κ3) is 4.65. The number of hydrogen-bond donors (Lipinski definition) is 2. The van der Waals surface area contributed by atoms with E-state index >= 15 is 0 Å². The first-order chi connectivity index (χ1) is 14.0. The SMILES string of the molecule is CC(=O)c1cnc2ccc(Br)cc2c1NC1CCC(CN2CCC[C@@H]2CO)CC1. The highest BCUT2D eigenvalue weighted by Crippen LogP contribution is 2.34. The first kappa shape index (κ1) is 20.8. The van der Waals surface area contributed by atoms with Crippen LogP contribution in [0.5, 0.6) is 0 Å². The zero-order valence-electron chi connectivity index (χ0n) is 17.0. The average molecular weight is 460 g/mol. The number of nitrogens with zero attached hydrogens (tertiary/aromatic N) is 2. The smallest absolute Gasteiger partial charge is 0.163 e. The molecular formula is C23H30BrN3O2. The van der Waals surface area contributed by atoms with E-state index in [0.29, 0.717) is 23.6 Å². The van der Waals surface area contributed by atoms with E-state index in [1.54, 1.807) is 13.1 Å². The minimum Gasteiger partial charge on any atom is -0.395 e. The van der Waals surface area contributed by atoms with Gasteiger partial charge in [-0.1, -0.05) is 15.9 Å². The Morgan fingerprint density at radius 2 is 2.07 bits per heavy atom. The fourth-order valence-electron chi connectivity index (χ4n) is 4.95. The van der Waals surface area contributed by atoms with Crippen molar-refractivity contribution in [1.29, 1.82) is 0 Å². The molecule has 2 aliphatic rings. The van der Waals surface area contributed by atoms with Crippen LogP contribution in [0.2, 0.25) is 0 Å². The fourth-order valence-corrected chi connectivity index (χ4v) is 5.32. The Labute approximate surface area is 181 Å². The molecule has 1 aliphatic heterocycles. The van der Waals surface area contributed by atoms with Crippen LogP contribution in [-0.4, -0.2) is 52.6 Å². The maximum Gasteiger partial charge on any atom is 0.163 e. The van der Waals surface area contributed by atoms with Crippen molar-refractivity contribution in [2.75, 3.05) is 25.0 Å². The Hall–Kier alpha value is -1.50. The van der Waals surface area contributed by atoms with E-state index in [4.69, 9.17) is 0 Å². The maximum atomic E-state index is 12.2. The first-order valence-electron chi connectivity index (χ1n) is 10.8. The molecule has 1 saturated heterocycles. The van der Waals surface area contributed by atoms with Gasteiger partial charge in [-0.05, 0) is 76.1 Å². The second kappa shape index (κ2) is 9.11. The predicted octanol–water partition coefficient (Wildman–Crippen LogP) is 4.63. The minimum absolute atomic E-state index is 0.0413. The molecule has 1 aliphatic carbocycles. The normalized spacial score (nSPS) is 25.4. The van der Waals surface area contributed by atoms with E-state index in [2.05, 4.69) is 31.1 Å². The van der Waals surface area contributed by atoms with Gasteiger partial charge in [-0.15, -0.1) is 0 Å². The lowest BCUT2D eigenvalue weighted by atomic mass is 9.85. The highest BCUT2D eigenvalue weighted by atomic mass is 79.9. The molecule has 1 aromatic carbocycles. The zero-order chi connectivity index (χ0) is 20.4. The summed E-state index contributed by atoms with van der Waals surface area (Å²) < 4.78 is 0.989. The van der Waals surface area contributed by atoms with Gasteiger partial charge in [0.05, 0.1) is 23.4 Å². The molecule has 0 unspecified atom stereocenters. The van der Waals surface area contributed by atoms with Gasteiger partial charge < -0.3 is 10.4 Å². The molecule has 2 fully saturated rings. The molecule has 156 valence electrons. The number of aliphatic hydroxyl groups excluding tert-OH is 1. The van der Waals surface area contributed by atoms with Crippen molar-refractivity contribution in [2.45, 2.75) is 57.5 Å². The van der Waals surface area contributed by atoms with Crippen LogP contribution in [0.1, 0.15) is 55.8 Å². The molecule has 0 bridgehead atoms. The number of rotatable bonds is 6. The number of aromatic nitrogens is 1. The second-order valence-corrected chi connectivity index (χ2v) is 9.52. The Morgan fingerprint density at radius 3 is 2.79 bits per heavy atom. The monoisotopic (exact) mass is 459 g/mol. The summed E-state index contributed by atoms with van der Waals surface area (Å²) in [5.74, 6) is 0.746. The summed E-state index contributed by atoms with van der Waals surface area (Å²) >= 11 is 3.55. The van der Waals surface area contributed by atoms with Crippen molar-refractivity contribution < 1.29 is 9.90 Å². The molecular weight excluding hydrogens is 430 g/mol. The maximum absolute atomic E-state index is 12.2. The third-order valence-corrected chi connectivity index (χ3v) is 7.10. The van der Waals surface area contributed by atoms with Crippen molar-refractivity contribution in [3.05, 3.63) is 34.4 Å². The number of hydrogen-bond acceptors (Lipinski definition) is 5. The second-order valence-electron chi connectivity index (χ2n) is 8.60. The molecule has 6 heteroatoms. The largest absolute Gasteiger partial charge is 0.395 e. The van der Waals surface area contributed by atoms with Crippen LogP contribution in [-0.2, 0) is 0 Å². The molecule has 0 radical (unpaired) electrons. The molecule has 0 amide bonds. The number of anilines is 1. The van der Waals surface area contributed by atoms with E-state index in [1.807, 2.05) is 18.2 Å². The summed E-state index contributed by atoms with van der Waals surface area (Å²) in [4.78, 5) is 19.2. The third-order valence-electron chi connectivity index (χ3n) is 6.61. The lowest BCUT2D eigenvalue weighted by Gasteiger charge is -2.34. The number of fused-ring (bicyclic) bond motifs is 1. The quantitative estimate of drug-likeness (QED) is 0.616. The Balaban J connectivity index is 1.45. The molecule has 1 aromatic heterocycles. The summed E-state index contributed by atoms with van der Waals surface area (Å²) in [6.07, 6.45) is 8.64. The Morgan fingerprint density at radius 1 is 1.28 bits per heavy atom. The molecule has 29 heavy (non-hydrogen) atoms. The topological polar surface area (TPSA) is 65.5 Å². The number of carbonyl (C=O) groups is 1. The minimum atomic E-state index is 0.0413. The fraction of sp³-hybridized carbons (Fsp3) is 0.565. The van der Waals surface area contributed by atoms with Crippen LogP contribution >= 0.6 is 15.9 Å². The highest BCUT2D eigenvalue weighted by Gasteiger charge is 2.29. The number of nitrogens with one attached hydrogen (secondary N) is 1. The summed E-state index contributed by atoms with van der Waals surface area (Å²) in [6.45, 7) is 4.14. The van der Waals surface area contributed by atoms with Crippen molar-refractivity contribution >= 4 is 38.3 Å². The predicted molar refractivity (Wildman–Crippen MR) is 120 cm³/mol. The molecule has 1 atom stereocenters. The van der Waals surface area contributed by atoms with E-state index in [0.717, 1.165) is 53.4 Å². The average Bonchev–Trinajstić information content (AvgIpc) is 3.16. The number of benzene rings is 1. The van der Waals surface area contributed by atoms with Crippen LogP contribution in [0.15, 0.2) is 28.9 Å². The lowest BCUT2D eigenvalue weighted by molar-refractivity contribution is 0.101. The summed E-state index contributed by atoms with van der Waals surface area (Å²) in [5, 5.41) is 14.3. The molecule has 5 nitrogen and oxygen atoms in total. The number of carbonyl (C=O) groups excluding carboxylic acids is 1. The van der Waals surface area contributed by atoms with Crippen molar-refractivity contribution in [1.82, 2.24) is 9.88 Å². The lowest BCUT2D eigenvalue weighted by Crippen LogP contribution is -2.38. The van der Waals surface area contributed by atoms with Gasteiger partial charge in [-0.3, -0.25) is 14.7 Å². The van der Waals surface area contributed by atoms with Gasteiger partial charge in [-0.25, -0.2) is 0 Å². The number of Topliss-reactive ketones (excluding diaryl/α,β-unsaturated/α-hetero) is 1. The number of ketones is 1. The first-order valence-corrected chi connectivity index (χ1v) is 11.5. The van der Waals surface area contributed by atoms with Crippen molar-refractivity contribution in [3.63, 3.8) is 0 Å². The van der Waals surface area contributed by atoms with Crippen LogP contribution < -0.4 is 5.32 Å². The van der Waals surface area contributed by atoms with Gasteiger partial charge in [0.1, 0.15) is 0 Å². The van der Waals surface area contributed by atoms with E-state index in [9.17, 15) is 9.90 Å². The van der Waals surface area contributed by atoms with Gasteiger partial charge in [0.2, 0.25) is 0 Å². The Bertz CT molecular complexity index is 880. The molecule has 2 heterocycles. The van der Waals surface area contributed by atoms with Gasteiger partial charge in [-0.2, -0.15) is 0 Å². The van der Waals surface area contributed by atoms with Crippen LogP contribution in [0.3, 0.4) is 0 Å². The number of likely N-dealkylation sites (tertiary alicyclic amines) is 1. The number of pyridine rings is 1. The van der Waals surface area contributed by atoms with E-state index in [-0.39, 0.29) is 12.4 Å². The van der Waals surface area contributed by atoms with E-state index < -0.39 is 0 Å². The summed E-state index contributed by atoms with van der Waals surface area (Å²) in [6, 6.07) is 6.76. The zero-order valence-corrected chi connectivity index (χ0v) is 18.6. The van der Waals surface area contributed by atoms with Gasteiger partial charge in [0, 0.05) is 34.7 Å². The molecule has 2 N–H and O–H groups in total. The summed E-state index contributed by atoms with van der Waals surface area (Å²) in [5.41, 5.74) is 2.49. The standard InChI is InChI=1S/C23H30BrN3O2/c1-15(29)21-12-25-22-9-6-17(24)11-20(22)23(21)26-18-7-4-16(5-8-18)13-27-10-2-3-19(27)14-28/h6,9,11-12,16,18-19,28H,2-5,7-8,10,13-14H2,1H3,(H,25,26)/t16?,18?,19-/m1/s1. The Kier molecular flexibility index (Phi) is 6.52. The van der Waals surface area contributed by atoms with Gasteiger partial charge in [0.25, 0.3) is 0 Å². The number of aliphatic hydroxyl groups is 1. The van der Waals surface area contributed by atoms with Gasteiger partial charge in [0.15, 0.2) is 5.78 Å². The van der Waals surface area contributed by atoms with Crippen molar-refractivity contribution in [3.8, 4) is 0 Å². The van der Waals surface area contributed by atoms with E-state index in [1.165, 1.54) is 19.3 Å². The highest BCUT2D eigenvalue weighted by molar-refractivity contribution is 9.10.